The number of benzene rings is 2. The van der Waals surface area contributed by atoms with Gasteiger partial charge in [-0.1, -0.05) is 42.5 Å². The Morgan fingerprint density at radius 2 is 1.68 bits per heavy atom. The van der Waals surface area contributed by atoms with Crippen molar-refractivity contribution >= 4 is 11.6 Å². The molecule has 0 aliphatic carbocycles. The van der Waals surface area contributed by atoms with Crippen LogP contribution in [0.1, 0.15) is 22.8 Å². The van der Waals surface area contributed by atoms with Gasteiger partial charge in [-0.3, -0.25) is 4.79 Å². The number of para-hydroxylation sites is 1. The van der Waals surface area contributed by atoms with Gasteiger partial charge in [-0.15, -0.1) is 0 Å². The Bertz CT molecular complexity index is 731. The normalized spacial score (nSPS) is 19.7. The predicted molar refractivity (Wildman–Crippen MR) is 97.5 cm³/mol. The molecule has 0 saturated heterocycles. The molecule has 0 fully saturated rings. The van der Waals surface area contributed by atoms with Gasteiger partial charge in [-0.05, 0) is 31.0 Å². The molecule has 1 unspecified atom stereocenters. The van der Waals surface area contributed by atoms with Gasteiger partial charge in [0, 0.05) is 26.5 Å². The summed E-state index contributed by atoms with van der Waals surface area (Å²) >= 11 is 0. The molecule has 2 aromatic rings. The summed E-state index contributed by atoms with van der Waals surface area (Å²) in [6.07, 6.45) is 0.159. The zero-order chi connectivity index (χ0) is 17.9. The monoisotopic (exact) mass is 340 g/mol. The van der Waals surface area contributed by atoms with E-state index in [1.54, 1.807) is 19.1 Å². The molecule has 3 rings (SSSR count). The number of rotatable bonds is 6. The van der Waals surface area contributed by atoms with Crippen LogP contribution in [-0.2, 0) is 15.9 Å². The second-order valence-electron chi connectivity index (χ2n) is 6.31. The van der Waals surface area contributed by atoms with Crippen molar-refractivity contribution in [3.05, 3.63) is 65.7 Å². The van der Waals surface area contributed by atoms with Crippen LogP contribution in [-0.4, -0.2) is 43.5 Å². The topological polar surface area (TPSA) is 50.8 Å². The summed E-state index contributed by atoms with van der Waals surface area (Å²) in [5.74, 6) is -0.0214. The number of ether oxygens (including phenoxy) is 2. The molecule has 0 spiro atoms. The minimum Gasteiger partial charge on any atom is -0.358 e. The van der Waals surface area contributed by atoms with Crippen molar-refractivity contribution in [1.82, 2.24) is 4.90 Å². The third-order valence-electron chi connectivity index (χ3n) is 4.71. The lowest BCUT2D eigenvalue weighted by molar-refractivity contribution is -0.167. The first-order chi connectivity index (χ1) is 12.1. The predicted octanol–water partition coefficient (Wildman–Crippen LogP) is 3.13. The Balaban J connectivity index is 1.94. The van der Waals surface area contributed by atoms with Crippen molar-refractivity contribution in [2.75, 3.05) is 26.1 Å². The van der Waals surface area contributed by atoms with Crippen molar-refractivity contribution in [2.24, 2.45) is 0 Å². The Labute approximate surface area is 148 Å². The summed E-state index contributed by atoms with van der Waals surface area (Å²) in [5, 5.41) is 3.45. The summed E-state index contributed by atoms with van der Waals surface area (Å²) < 4.78 is 11.0. The maximum atomic E-state index is 13.2. The number of carbonyl (C=O) groups is 1. The van der Waals surface area contributed by atoms with Gasteiger partial charge in [-0.2, -0.15) is 0 Å². The molecule has 0 aromatic heterocycles. The van der Waals surface area contributed by atoms with Crippen LogP contribution in [0.25, 0.3) is 0 Å². The van der Waals surface area contributed by atoms with E-state index < -0.39 is 12.0 Å². The van der Waals surface area contributed by atoms with Crippen molar-refractivity contribution in [3.8, 4) is 0 Å². The van der Waals surface area contributed by atoms with Crippen LogP contribution in [0.15, 0.2) is 54.6 Å². The third-order valence-corrected chi connectivity index (χ3v) is 4.71. The van der Waals surface area contributed by atoms with Crippen molar-refractivity contribution in [3.63, 3.8) is 0 Å². The van der Waals surface area contributed by atoms with Gasteiger partial charge >= 0.3 is 0 Å². The summed E-state index contributed by atoms with van der Waals surface area (Å²) in [6, 6.07) is 17.7. The maximum absolute atomic E-state index is 13.2. The Morgan fingerprint density at radius 1 is 1.04 bits per heavy atom. The number of fused-ring (bicyclic) bond motifs is 1. The molecule has 2 aromatic carbocycles. The minimum absolute atomic E-state index is 0.0214. The van der Waals surface area contributed by atoms with E-state index in [1.807, 2.05) is 49.4 Å². The summed E-state index contributed by atoms with van der Waals surface area (Å²) in [5.41, 5.74) is 1.84. The fourth-order valence-corrected chi connectivity index (χ4v) is 3.44. The molecule has 5 nitrogen and oxygen atoms in total. The SMILES string of the molecule is COC(OC)C1(C)Nc2ccccc2C(=O)N1CCc1ccccc1. The van der Waals surface area contributed by atoms with Crippen LogP contribution in [0.5, 0.6) is 0 Å². The van der Waals surface area contributed by atoms with Crippen LogP contribution in [0.3, 0.4) is 0 Å². The van der Waals surface area contributed by atoms with Crippen LogP contribution in [0.2, 0.25) is 0 Å². The Hall–Kier alpha value is -2.37. The fraction of sp³-hybridized carbons (Fsp3) is 0.350. The number of methoxy groups -OCH3 is 2. The van der Waals surface area contributed by atoms with Gasteiger partial charge < -0.3 is 19.7 Å². The summed E-state index contributed by atoms with van der Waals surface area (Å²) in [4.78, 5) is 15.0. The van der Waals surface area contributed by atoms with Gasteiger partial charge in [0.05, 0.1) is 5.56 Å². The number of hydrogen-bond acceptors (Lipinski definition) is 4. The summed E-state index contributed by atoms with van der Waals surface area (Å²) in [7, 11) is 3.17. The van der Waals surface area contributed by atoms with Crippen molar-refractivity contribution in [1.29, 1.82) is 0 Å². The van der Waals surface area contributed by atoms with Crippen LogP contribution in [0.4, 0.5) is 5.69 Å². The van der Waals surface area contributed by atoms with E-state index >= 15 is 0 Å². The van der Waals surface area contributed by atoms with Gasteiger partial charge in [0.25, 0.3) is 5.91 Å². The zero-order valence-electron chi connectivity index (χ0n) is 14.9. The molecule has 132 valence electrons. The third kappa shape index (κ3) is 3.25. The zero-order valence-corrected chi connectivity index (χ0v) is 14.9. The number of anilines is 1. The quantitative estimate of drug-likeness (QED) is 0.821. The van der Waals surface area contributed by atoms with Crippen LogP contribution < -0.4 is 5.32 Å². The fourth-order valence-electron chi connectivity index (χ4n) is 3.44. The van der Waals surface area contributed by atoms with Crippen molar-refractivity contribution in [2.45, 2.75) is 25.3 Å². The number of hydrogen-bond donors (Lipinski definition) is 1. The highest BCUT2D eigenvalue weighted by atomic mass is 16.7. The van der Waals surface area contributed by atoms with Gasteiger partial charge in [0.2, 0.25) is 0 Å². The number of carbonyl (C=O) groups excluding carboxylic acids is 1. The van der Waals surface area contributed by atoms with E-state index in [0.29, 0.717) is 12.1 Å². The van der Waals surface area contributed by atoms with Crippen LogP contribution in [0, 0.1) is 0 Å². The standard InChI is InChI=1S/C20H24N2O3/c1-20(19(24-2)25-3)21-17-12-8-7-11-16(17)18(23)22(20)14-13-15-9-5-4-6-10-15/h4-12,19,21H,13-14H2,1-3H3. The molecule has 1 atom stereocenters. The summed E-state index contributed by atoms with van der Waals surface area (Å²) in [6.45, 7) is 2.49. The molecule has 1 amide bonds. The maximum Gasteiger partial charge on any atom is 0.257 e. The first kappa shape index (κ1) is 17.5. The second kappa shape index (κ2) is 7.25. The van der Waals surface area contributed by atoms with Crippen molar-refractivity contribution < 1.29 is 14.3 Å². The Kier molecular flexibility index (Phi) is 5.06. The van der Waals surface area contributed by atoms with Gasteiger partial charge in [0.15, 0.2) is 12.0 Å². The first-order valence-electron chi connectivity index (χ1n) is 8.39. The highest BCUT2D eigenvalue weighted by Gasteiger charge is 2.47. The molecule has 5 heteroatoms. The minimum atomic E-state index is -0.802. The molecular weight excluding hydrogens is 316 g/mol. The molecular formula is C20H24N2O3. The molecule has 1 heterocycles. The molecule has 0 bridgehead atoms. The molecule has 0 saturated carbocycles. The molecule has 1 aliphatic heterocycles. The molecule has 1 aliphatic rings. The molecule has 0 radical (unpaired) electrons. The lowest BCUT2D eigenvalue weighted by Gasteiger charge is -2.49. The van der Waals surface area contributed by atoms with E-state index in [4.69, 9.17) is 9.47 Å². The number of amides is 1. The average Bonchev–Trinajstić information content (AvgIpc) is 2.63. The average molecular weight is 340 g/mol. The van der Waals surface area contributed by atoms with E-state index in [2.05, 4.69) is 17.4 Å². The van der Waals surface area contributed by atoms with E-state index in [9.17, 15) is 4.79 Å². The van der Waals surface area contributed by atoms with Gasteiger partial charge in [0.1, 0.15) is 0 Å². The number of nitrogens with zero attached hydrogens (tertiary/aromatic N) is 1. The Morgan fingerprint density at radius 3 is 2.36 bits per heavy atom. The van der Waals surface area contributed by atoms with E-state index in [-0.39, 0.29) is 5.91 Å². The molecule has 25 heavy (non-hydrogen) atoms. The molecule has 1 N–H and O–H groups in total. The van der Waals surface area contributed by atoms with Crippen LogP contribution >= 0.6 is 0 Å². The first-order valence-corrected chi connectivity index (χ1v) is 8.39. The van der Waals surface area contributed by atoms with Gasteiger partial charge in [-0.25, -0.2) is 0 Å². The number of nitrogens with one attached hydrogen (secondary N) is 1. The highest BCUT2D eigenvalue weighted by Crippen LogP contribution is 2.34. The lowest BCUT2D eigenvalue weighted by Crippen LogP contribution is -2.65. The smallest absolute Gasteiger partial charge is 0.257 e. The largest absolute Gasteiger partial charge is 0.358 e. The highest BCUT2D eigenvalue weighted by molar-refractivity contribution is 6.02. The van der Waals surface area contributed by atoms with E-state index in [1.165, 1.54) is 5.56 Å². The second-order valence-corrected chi connectivity index (χ2v) is 6.31. The van der Waals surface area contributed by atoms with E-state index in [0.717, 1.165) is 12.1 Å². The lowest BCUT2D eigenvalue weighted by atomic mass is 9.99.